The van der Waals surface area contributed by atoms with Crippen LogP contribution in [0.4, 0.5) is 13.2 Å². The number of nitrogens with zero attached hydrogens (tertiary/aromatic N) is 1. The highest BCUT2D eigenvalue weighted by atomic mass is 19.4. The number of amides is 1. The van der Waals surface area contributed by atoms with Gasteiger partial charge in [0.1, 0.15) is 5.75 Å². The molecule has 1 aliphatic heterocycles. The van der Waals surface area contributed by atoms with Gasteiger partial charge in [-0.3, -0.25) is 4.79 Å². The number of rotatable bonds is 8. The molecular formula is C27H33F3N2O2. The molecule has 1 saturated heterocycles. The SMILES string of the molecule is O=C(NC1CCCC1)[C@@H]1C[C@H](COc2cccc(C(F)(F)F)c2)CN(CCc2ccccc2)C1. The number of alkyl halides is 3. The second-order valence-corrected chi connectivity index (χ2v) is 9.62. The summed E-state index contributed by atoms with van der Waals surface area (Å²) in [7, 11) is 0. The van der Waals surface area contributed by atoms with Gasteiger partial charge in [-0.25, -0.2) is 0 Å². The summed E-state index contributed by atoms with van der Waals surface area (Å²) in [6.07, 6.45) is 1.56. The zero-order valence-electron chi connectivity index (χ0n) is 19.4. The Bertz CT molecular complexity index is 929. The van der Waals surface area contributed by atoms with Crippen LogP contribution in [0.15, 0.2) is 54.6 Å². The minimum atomic E-state index is -4.40. The van der Waals surface area contributed by atoms with E-state index in [-0.39, 0.29) is 36.1 Å². The Morgan fingerprint density at radius 1 is 1.03 bits per heavy atom. The van der Waals surface area contributed by atoms with E-state index in [1.54, 1.807) is 6.07 Å². The van der Waals surface area contributed by atoms with Crippen molar-refractivity contribution in [3.05, 3.63) is 65.7 Å². The second-order valence-electron chi connectivity index (χ2n) is 9.62. The summed E-state index contributed by atoms with van der Waals surface area (Å²) < 4.78 is 44.9. The second kappa shape index (κ2) is 11.3. The molecular weight excluding hydrogens is 441 g/mol. The minimum Gasteiger partial charge on any atom is -0.493 e. The standard InChI is InChI=1S/C27H33F3N2O2/c28-27(29,30)23-9-6-12-25(16-23)34-19-21-15-22(26(33)31-24-10-4-5-11-24)18-32(17-21)14-13-20-7-2-1-3-8-20/h1-3,6-9,12,16,21-22,24H,4-5,10-11,13-15,17-19H2,(H,31,33)/t21-,22+/m0/s1. The molecule has 4 nitrogen and oxygen atoms in total. The Labute approximate surface area is 199 Å². The summed E-state index contributed by atoms with van der Waals surface area (Å²) in [6.45, 7) is 2.58. The molecule has 0 radical (unpaired) electrons. The van der Waals surface area contributed by atoms with Crippen molar-refractivity contribution in [1.29, 1.82) is 0 Å². The molecule has 0 bridgehead atoms. The lowest BCUT2D eigenvalue weighted by atomic mass is 9.88. The van der Waals surface area contributed by atoms with Crippen molar-refractivity contribution in [2.45, 2.75) is 50.7 Å². The number of benzene rings is 2. The van der Waals surface area contributed by atoms with Crippen molar-refractivity contribution in [3.8, 4) is 5.75 Å². The highest BCUT2D eigenvalue weighted by molar-refractivity contribution is 5.79. The van der Waals surface area contributed by atoms with Crippen LogP contribution < -0.4 is 10.1 Å². The van der Waals surface area contributed by atoms with Crippen molar-refractivity contribution < 1.29 is 22.7 Å². The Hall–Kier alpha value is -2.54. The molecule has 0 aromatic heterocycles. The number of likely N-dealkylation sites (tertiary alicyclic amines) is 1. The van der Waals surface area contributed by atoms with Gasteiger partial charge in [-0.2, -0.15) is 13.2 Å². The Morgan fingerprint density at radius 2 is 1.79 bits per heavy atom. The molecule has 1 heterocycles. The van der Waals surface area contributed by atoms with Gasteiger partial charge in [0.2, 0.25) is 5.91 Å². The molecule has 0 spiro atoms. The van der Waals surface area contributed by atoms with Crippen molar-refractivity contribution in [3.63, 3.8) is 0 Å². The monoisotopic (exact) mass is 474 g/mol. The molecule has 2 fully saturated rings. The summed E-state index contributed by atoms with van der Waals surface area (Å²) in [5.41, 5.74) is 0.531. The highest BCUT2D eigenvalue weighted by Crippen LogP contribution is 2.32. The van der Waals surface area contributed by atoms with Gasteiger partial charge in [0.05, 0.1) is 18.1 Å². The lowest BCUT2D eigenvalue weighted by molar-refractivity contribution is -0.137. The third-order valence-electron chi connectivity index (χ3n) is 6.89. The summed E-state index contributed by atoms with van der Waals surface area (Å²) >= 11 is 0. The molecule has 1 aliphatic carbocycles. The molecule has 1 amide bonds. The average molecular weight is 475 g/mol. The van der Waals surface area contributed by atoms with Crippen molar-refractivity contribution in [2.24, 2.45) is 11.8 Å². The minimum absolute atomic E-state index is 0.0680. The molecule has 2 aromatic carbocycles. The van der Waals surface area contributed by atoms with Gasteiger partial charge in [-0.1, -0.05) is 49.2 Å². The van der Waals surface area contributed by atoms with E-state index in [0.717, 1.165) is 57.3 Å². The van der Waals surface area contributed by atoms with Crippen LogP contribution in [0.1, 0.15) is 43.2 Å². The quantitative estimate of drug-likeness (QED) is 0.563. The molecule has 4 rings (SSSR count). The number of carbonyl (C=O) groups excluding carboxylic acids is 1. The zero-order valence-corrected chi connectivity index (χ0v) is 19.4. The Balaban J connectivity index is 1.39. The Morgan fingerprint density at radius 3 is 2.53 bits per heavy atom. The van der Waals surface area contributed by atoms with Gasteiger partial charge in [-0.05, 0) is 49.4 Å². The maximum Gasteiger partial charge on any atom is 0.416 e. The fourth-order valence-electron chi connectivity index (χ4n) is 5.09. The molecule has 2 atom stereocenters. The summed E-state index contributed by atoms with van der Waals surface area (Å²) in [5.74, 6) is 0.238. The molecule has 0 unspecified atom stereocenters. The lowest BCUT2D eigenvalue weighted by Crippen LogP contribution is -2.49. The first-order valence-electron chi connectivity index (χ1n) is 12.2. The van der Waals surface area contributed by atoms with Crippen molar-refractivity contribution in [2.75, 3.05) is 26.2 Å². The maximum atomic E-state index is 13.0. The van der Waals surface area contributed by atoms with Gasteiger partial charge in [0.25, 0.3) is 0 Å². The largest absolute Gasteiger partial charge is 0.493 e. The number of nitrogens with one attached hydrogen (secondary N) is 1. The zero-order chi connectivity index (χ0) is 24.0. The van der Waals surface area contributed by atoms with Gasteiger partial charge in [-0.15, -0.1) is 0 Å². The van der Waals surface area contributed by atoms with E-state index >= 15 is 0 Å². The van der Waals surface area contributed by atoms with Gasteiger partial charge in [0.15, 0.2) is 0 Å². The van der Waals surface area contributed by atoms with Crippen LogP contribution in [0.3, 0.4) is 0 Å². The van der Waals surface area contributed by atoms with Crippen LogP contribution in [0.2, 0.25) is 0 Å². The molecule has 1 saturated carbocycles. The lowest BCUT2D eigenvalue weighted by Gasteiger charge is -2.37. The number of hydrogen-bond donors (Lipinski definition) is 1. The number of ether oxygens (including phenoxy) is 1. The van der Waals surface area contributed by atoms with Crippen LogP contribution in [0.5, 0.6) is 5.75 Å². The van der Waals surface area contributed by atoms with E-state index in [1.165, 1.54) is 11.6 Å². The van der Waals surface area contributed by atoms with Crippen LogP contribution >= 0.6 is 0 Å². The molecule has 1 N–H and O–H groups in total. The number of piperidine rings is 1. The van der Waals surface area contributed by atoms with Gasteiger partial charge >= 0.3 is 6.18 Å². The third kappa shape index (κ3) is 6.98. The predicted molar refractivity (Wildman–Crippen MR) is 126 cm³/mol. The topological polar surface area (TPSA) is 41.6 Å². The molecule has 184 valence electrons. The first kappa shape index (κ1) is 24.6. The van der Waals surface area contributed by atoms with E-state index in [9.17, 15) is 18.0 Å². The van der Waals surface area contributed by atoms with E-state index in [4.69, 9.17) is 4.74 Å². The molecule has 2 aromatic rings. The highest BCUT2D eigenvalue weighted by Gasteiger charge is 2.34. The normalized spacial score (nSPS) is 22.0. The van der Waals surface area contributed by atoms with Crippen molar-refractivity contribution in [1.82, 2.24) is 10.2 Å². The molecule has 7 heteroatoms. The summed E-state index contributed by atoms with van der Waals surface area (Å²) in [6, 6.07) is 15.5. The fourth-order valence-corrected chi connectivity index (χ4v) is 5.09. The fraction of sp³-hybridized carbons (Fsp3) is 0.519. The number of halogens is 3. The maximum absolute atomic E-state index is 13.0. The molecule has 2 aliphatic rings. The van der Waals surface area contributed by atoms with Crippen LogP contribution in [0, 0.1) is 11.8 Å². The smallest absolute Gasteiger partial charge is 0.416 e. The van der Waals surface area contributed by atoms with E-state index in [1.807, 2.05) is 18.2 Å². The van der Waals surface area contributed by atoms with E-state index < -0.39 is 11.7 Å². The van der Waals surface area contributed by atoms with Crippen molar-refractivity contribution >= 4 is 5.91 Å². The Kier molecular flexibility index (Phi) is 8.14. The van der Waals surface area contributed by atoms with Crippen LogP contribution in [-0.2, 0) is 17.4 Å². The summed E-state index contributed by atoms with van der Waals surface area (Å²) in [4.78, 5) is 15.3. The molecule has 34 heavy (non-hydrogen) atoms. The van der Waals surface area contributed by atoms with Gasteiger partial charge in [0, 0.05) is 31.6 Å². The van der Waals surface area contributed by atoms with E-state index in [2.05, 4.69) is 22.3 Å². The average Bonchev–Trinajstić information content (AvgIpc) is 3.35. The summed E-state index contributed by atoms with van der Waals surface area (Å²) in [5, 5.41) is 3.23. The number of hydrogen-bond acceptors (Lipinski definition) is 3. The number of carbonyl (C=O) groups is 1. The van der Waals surface area contributed by atoms with E-state index in [0.29, 0.717) is 13.0 Å². The first-order chi connectivity index (χ1) is 16.4. The third-order valence-corrected chi connectivity index (χ3v) is 6.89. The van der Waals surface area contributed by atoms with Crippen LogP contribution in [0.25, 0.3) is 0 Å². The van der Waals surface area contributed by atoms with Crippen LogP contribution in [-0.4, -0.2) is 43.1 Å². The first-order valence-corrected chi connectivity index (χ1v) is 12.2. The predicted octanol–water partition coefficient (Wildman–Crippen LogP) is 5.32. The van der Waals surface area contributed by atoms with Gasteiger partial charge < -0.3 is 15.0 Å².